The minimum atomic E-state index is -4.35. The van der Waals surface area contributed by atoms with Crippen molar-refractivity contribution >= 4 is 32.6 Å². The molecule has 0 saturated carbocycles. The molecule has 0 amide bonds. The molecule has 0 fully saturated rings. The molecule has 190 valence electrons. The number of thiophene rings is 1. The van der Waals surface area contributed by atoms with Gasteiger partial charge in [0.05, 0.1) is 0 Å². The van der Waals surface area contributed by atoms with E-state index in [2.05, 4.69) is 39.0 Å². The van der Waals surface area contributed by atoms with Gasteiger partial charge in [0.1, 0.15) is 0 Å². The molecule has 0 N–H and O–H groups in total. The second-order valence-electron chi connectivity index (χ2n) is 9.38. The van der Waals surface area contributed by atoms with Crippen molar-refractivity contribution in [1.82, 2.24) is 0 Å². The van der Waals surface area contributed by atoms with E-state index in [1.54, 1.807) is 2.89 Å². The van der Waals surface area contributed by atoms with Gasteiger partial charge < -0.3 is 0 Å². The summed E-state index contributed by atoms with van der Waals surface area (Å²) in [5.41, 5.74) is 0.335. The summed E-state index contributed by atoms with van der Waals surface area (Å²) in [7, 11) is 0. The molecule has 0 bridgehead atoms. The number of rotatable bonds is 13. The van der Waals surface area contributed by atoms with Crippen LogP contribution >= 0.6 is 11.3 Å². The van der Waals surface area contributed by atoms with Crippen molar-refractivity contribution in [3.63, 3.8) is 0 Å². The predicted molar refractivity (Wildman–Crippen MR) is 146 cm³/mol. The zero-order valence-electron chi connectivity index (χ0n) is 21.1. The van der Waals surface area contributed by atoms with Crippen molar-refractivity contribution in [1.29, 1.82) is 0 Å². The van der Waals surface area contributed by atoms with Crippen LogP contribution in [0.25, 0.3) is 10.4 Å². The van der Waals surface area contributed by atoms with Crippen LogP contribution in [0.2, 0.25) is 13.3 Å². The van der Waals surface area contributed by atoms with Gasteiger partial charge in [-0.25, -0.2) is 0 Å². The molecular weight excluding hydrogens is 572 g/mol. The molecule has 0 aliphatic carbocycles. The molecule has 1 heterocycles. The molecule has 1 aromatic heterocycles. The van der Waals surface area contributed by atoms with Crippen LogP contribution in [-0.4, -0.2) is 18.4 Å². The zero-order valence-corrected chi connectivity index (χ0v) is 24.8. The fourth-order valence-electron chi connectivity index (χ4n) is 4.66. The SMILES string of the molecule is CCC[CH2][Sn]([CH2]CCC)([CH2]CCC)[c]1ccc(-c2ccccc2Oc2ccc(C(F)(F)F)cc2)s1. The first kappa shape index (κ1) is 28.1. The number of halogens is 3. The topological polar surface area (TPSA) is 9.23 Å². The van der Waals surface area contributed by atoms with E-state index in [4.69, 9.17) is 4.74 Å². The predicted octanol–water partition coefficient (Wildman–Crippen LogP) is 10.3. The molecule has 3 rings (SSSR count). The number of unbranched alkanes of at least 4 members (excludes halogenated alkanes) is 3. The van der Waals surface area contributed by atoms with Crippen molar-refractivity contribution in [2.45, 2.75) is 78.8 Å². The number of ether oxygens (including phenoxy) is 1. The summed E-state index contributed by atoms with van der Waals surface area (Å²) in [5, 5.41) is 0. The molecule has 0 saturated heterocycles. The Hall–Kier alpha value is -1.47. The molecule has 0 unspecified atom stereocenters. The molecule has 0 aliphatic rings. The van der Waals surface area contributed by atoms with Crippen molar-refractivity contribution in [3.8, 4) is 21.9 Å². The Morgan fingerprint density at radius 3 is 1.86 bits per heavy atom. The Bertz CT molecular complexity index is 1020. The molecule has 0 radical (unpaired) electrons. The van der Waals surface area contributed by atoms with Crippen LogP contribution in [0.15, 0.2) is 60.7 Å². The van der Waals surface area contributed by atoms with E-state index in [0.717, 1.165) is 17.7 Å². The van der Waals surface area contributed by atoms with Gasteiger partial charge in [-0.1, -0.05) is 0 Å². The van der Waals surface area contributed by atoms with Crippen molar-refractivity contribution in [2.75, 3.05) is 0 Å². The minimum absolute atomic E-state index is 0.407. The maximum atomic E-state index is 12.9. The standard InChI is InChI=1S/C17H10F3OS.3C4H9.Sn/c18-17(19,20)12-7-9-13(10-8-12)21-15-5-2-1-4-14(15)16-6-3-11-22-16;3*1-3-4-2;/h1-10H;3*1,3-4H2,2H3;. The fraction of sp³-hybridized carbons (Fsp3) is 0.448. The molecule has 0 spiro atoms. The van der Waals surface area contributed by atoms with Gasteiger partial charge >= 0.3 is 217 Å². The monoisotopic (exact) mass is 610 g/mol. The molecular formula is C29H37F3OSSn. The third-order valence-electron chi connectivity index (χ3n) is 6.72. The van der Waals surface area contributed by atoms with Crippen LogP contribution < -0.4 is 7.63 Å². The van der Waals surface area contributed by atoms with E-state index in [-0.39, 0.29) is 0 Å². The van der Waals surface area contributed by atoms with Gasteiger partial charge in [-0.2, -0.15) is 0 Å². The van der Waals surface area contributed by atoms with Gasteiger partial charge in [0.2, 0.25) is 0 Å². The third kappa shape index (κ3) is 7.51. The maximum absolute atomic E-state index is 12.9. The van der Waals surface area contributed by atoms with Crippen LogP contribution in [0, 0.1) is 0 Å². The van der Waals surface area contributed by atoms with Crippen LogP contribution in [0.3, 0.4) is 0 Å². The van der Waals surface area contributed by atoms with Gasteiger partial charge in [0.15, 0.2) is 0 Å². The van der Waals surface area contributed by atoms with Crippen LogP contribution in [0.1, 0.15) is 64.9 Å². The zero-order chi connectivity index (χ0) is 25.3. The third-order valence-corrected chi connectivity index (χ3v) is 26.1. The Morgan fingerprint density at radius 2 is 1.31 bits per heavy atom. The summed E-state index contributed by atoms with van der Waals surface area (Å²) in [6.07, 6.45) is 3.37. The van der Waals surface area contributed by atoms with Gasteiger partial charge in [-0.05, 0) is 0 Å². The molecule has 0 atom stereocenters. The summed E-state index contributed by atoms with van der Waals surface area (Å²) < 4.78 is 50.8. The van der Waals surface area contributed by atoms with Crippen LogP contribution in [0.5, 0.6) is 11.5 Å². The van der Waals surface area contributed by atoms with Crippen LogP contribution in [-0.2, 0) is 6.18 Å². The van der Waals surface area contributed by atoms with Gasteiger partial charge in [0.25, 0.3) is 0 Å². The van der Waals surface area contributed by atoms with E-state index in [0.29, 0.717) is 11.5 Å². The van der Waals surface area contributed by atoms with E-state index in [9.17, 15) is 13.2 Å². The molecule has 0 aliphatic heterocycles. The van der Waals surface area contributed by atoms with E-state index in [1.807, 2.05) is 29.5 Å². The van der Waals surface area contributed by atoms with Crippen molar-refractivity contribution < 1.29 is 17.9 Å². The number of benzene rings is 2. The summed E-state index contributed by atoms with van der Waals surface area (Å²) in [4.78, 5) is 1.19. The summed E-state index contributed by atoms with van der Waals surface area (Å²) >= 11 is -0.577. The van der Waals surface area contributed by atoms with Crippen molar-refractivity contribution in [2.24, 2.45) is 0 Å². The first-order chi connectivity index (χ1) is 16.8. The van der Waals surface area contributed by atoms with E-state index < -0.39 is 30.1 Å². The Balaban J connectivity index is 1.91. The molecule has 2 aromatic carbocycles. The summed E-state index contributed by atoms with van der Waals surface area (Å²) in [6.45, 7) is 6.89. The Kier molecular flexibility index (Phi) is 10.6. The van der Waals surface area contributed by atoms with Crippen LogP contribution in [0.4, 0.5) is 13.2 Å². The number of alkyl halides is 3. The van der Waals surface area contributed by atoms with Gasteiger partial charge in [-0.15, -0.1) is 0 Å². The Labute approximate surface area is 216 Å². The fourth-order valence-corrected chi connectivity index (χ4v) is 24.8. The summed E-state index contributed by atoms with van der Waals surface area (Å²) in [5.74, 6) is 1.08. The number of hydrogen-bond donors (Lipinski definition) is 0. The second-order valence-corrected chi connectivity index (χ2v) is 24.6. The molecule has 1 nitrogen and oxygen atoms in total. The van der Waals surface area contributed by atoms with Gasteiger partial charge in [-0.3, -0.25) is 0 Å². The van der Waals surface area contributed by atoms with Crippen molar-refractivity contribution in [3.05, 3.63) is 66.2 Å². The first-order valence-corrected chi connectivity index (χ1v) is 21.2. The quantitative estimate of drug-likeness (QED) is 0.175. The second kappa shape index (κ2) is 13.2. The number of hydrogen-bond acceptors (Lipinski definition) is 2. The average Bonchev–Trinajstić information content (AvgIpc) is 3.35. The van der Waals surface area contributed by atoms with Gasteiger partial charge in [0, 0.05) is 0 Å². The molecule has 6 heteroatoms. The van der Waals surface area contributed by atoms with E-state index in [1.165, 1.54) is 68.8 Å². The normalized spacial score (nSPS) is 12.2. The summed E-state index contributed by atoms with van der Waals surface area (Å²) in [6, 6.07) is 17.4. The molecule has 3 aromatic rings. The number of para-hydroxylation sites is 1. The van der Waals surface area contributed by atoms with E-state index >= 15 is 0 Å². The molecule has 35 heavy (non-hydrogen) atoms. The Morgan fingerprint density at radius 1 is 0.743 bits per heavy atom. The average molecular weight is 609 g/mol. The first-order valence-electron chi connectivity index (χ1n) is 12.9.